The second-order valence-electron chi connectivity index (χ2n) is 4.36. The van der Waals surface area contributed by atoms with Crippen LogP contribution in [-0.4, -0.2) is 33.1 Å². The monoisotopic (exact) mass is 291 g/mol. The van der Waals surface area contributed by atoms with Crippen molar-refractivity contribution in [2.24, 2.45) is 0 Å². The Morgan fingerprint density at radius 1 is 1.24 bits per heavy atom. The molecular formula is C13H13N3O5. The van der Waals surface area contributed by atoms with E-state index in [4.69, 9.17) is 5.11 Å². The van der Waals surface area contributed by atoms with Gasteiger partial charge in [0.15, 0.2) is 0 Å². The number of nitrogens with one attached hydrogen (secondary N) is 2. The zero-order valence-electron chi connectivity index (χ0n) is 11.0. The number of fused-ring (bicyclic) bond motifs is 1. The standard InChI is InChI=1S/C13H13N3O5/c17-10(14-6-5-11(18)19)7-16-12(20)8-3-1-2-4-9(8)15-13(16)21/h1-4H,5-7H2,(H,14,17)(H,15,21)(H,18,19). The van der Waals surface area contributed by atoms with Gasteiger partial charge < -0.3 is 15.4 Å². The lowest BCUT2D eigenvalue weighted by molar-refractivity contribution is -0.136. The molecule has 2 aromatic rings. The lowest BCUT2D eigenvalue weighted by Crippen LogP contribution is -2.40. The summed E-state index contributed by atoms with van der Waals surface area (Å²) in [6.07, 6.45) is -0.227. The Hall–Kier alpha value is -2.90. The summed E-state index contributed by atoms with van der Waals surface area (Å²) in [5.74, 6) is -1.64. The van der Waals surface area contributed by atoms with Gasteiger partial charge in [0.1, 0.15) is 6.54 Å². The lowest BCUT2D eigenvalue weighted by atomic mass is 10.2. The highest BCUT2D eigenvalue weighted by Crippen LogP contribution is 2.02. The van der Waals surface area contributed by atoms with Crippen LogP contribution in [0.2, 0.25) is 0 Å². The molecule has 1 heterocycles. The van der Waals surface area contributed by atoms with Crippen LogP contribution in [0.25, 0.3) is 10.9 Å². The van der Waals surface area contributed by atoms with Crippen LogP contribution in [0, 0.1) is 0 Å². The number of aromatic amines is 1. The molecule has 1 aromatic heterocycles. The Balaban J connectivity index is 2.22. The van der Waals surface area contributed by atoms with E-state index in [9.17, 15) is 19.2 Å². The number of para-hydroxylation sites is 1. The van der Waals surface area contributed by atoms with Gasteiger partial charge >= 0.3 is 11.7 Å². The van der Waals surface area contributed by atoms with E-state index in [0.29, 0.717) is 10.9 Å². The fourth-order valence-electron chi connectivity index (χ4n) is 1.85. The summed E-state index contributed by atoms with van der Waals surface area (Å²) in [7, 11) is 0. The second kappa shape index (κ2) is 6.04. The first-order chi connectivity index (χ1) is 9.99. The molecule has 8 heteroatoms. The minimum Gasteiger partial charge on any atom is -0.481 e. The highest BCUT2D eigenvalue weighted by molar-refractivity contribution is 5.79. The summed E-state index contributed by atoms with van der Waals surface area (Å²) in [6.45, 7) is -0.521. The molecule has 0 unspecified atom stereocenters. The molecular weight excluding hydrogens is 278 g/mol. The predicted octanol–water partition coefficient (Wildman–Crippen LogP) is -0.719. The van der Waals surface area contributed by atoms with Gasteiger partial charge in [0.2, 0.25) is 5.91 Å². The Bertz CT molecular complexity index is 805. The molecule has 0 bridgehead atoms. The molecule has 1 amide bonds. The molecule has 0 aliphatic rings. The van der Waals surface area contributed by atoms with E-state index in [1.807, 2.05) is 0 Å². The van der Waals surface area contributed by atoms with Crippen LogP contribution in [0.1, 0.15) is 6.42 Å². The van der Waals surface area contributed by atoms with Crippen molar-refractivity contribution in [1.29, 1.82) is 0 Å². The molecule has 110 valence electrons. The third kappa shape index (κ3) is 3.35. The van der Waals surface area contributed by atoms with Crippen LogP contribution >= 0.6 is 0 Å². The minimum atomic E-state index is -1.05. The molecule has 0 spiro atoms. The van der Waals surface area contributed by atoms with Crippen molar-refractivity contribution >= 4 is 22.8 Å². The van der Waals surface area contributed by atoms with Crippen molar-refractivity contribution in [3.05, 3.63) is 45.1 Å². The van der Waals surface area contributed by atoms with Gasteiger partial charge in [0.05, 0.1) is 17.3 Å². The van der Waals surface area contributed by atoms with Crippen LogP contribution < -0.4 is 16.6 Å². The fraction of sp³-hybridized carbons (Fsp3) is 0.231. The zero-order valence-corrected chi connectivity index (χ0v) is 11.0. The van der Waals surface area contributed by atoms with Crippen molar-refractivity contribution in [3.8, 4) is 0 Å². The van der Waals surface area contributed by atoms with E-state index in [1.54, 1.807) is 24.3 Å². The number of carbonyl (C=O) groups is 2. The van der Waals surface area contributed by atoms with Gasteiger partial charge in [0.25, 0.3) is 5.56 Å². The normalized spacial score (nSPS) is 10.5. The van der Waals surface area contributed by atoms with Crippen molar-refractivity contribution in [3.63, 3.8) is 0 Å². The maximum absolute atomic E-state index is 12.1. The van der Waals surface area contributed by atoms with Crippen LogP contribution in [0.3, 0.4) is 0 Å². The molecule has 0 atom stereocenters. The summed E-state index contributed by atoms with van der Waals surface area (Å²) >= 11 is 0. The molecule has 0 fully saturated rings. The number of hydrogen-bond donors (Lipinski definition) is 3. The molecule has 3 N–H and O–H groups in total. The quantitative estimate of drug-likeness (QED) is 0.671. The molecule has 2 rings (SSSR count). The van der Waals surface area contributed by atoms with Crippen molar-refractivity contribution in [1.82, 2.24) is 14.9 Å². The van der Waals surface area contributed by atoms with Crippen LogP contribution in [0.15, 0.2) is 33.9 Å². The van der Waals surface area contributed by atoms with Gasteiger partial charge in [-0.15, -0.1) is 0 Å². The highest BCUT2D eigenvalue weighted by Gasteiger charge is 2.11. The number of benzene rings is 1. The molecule has 1 aromatic carbocycles. The molecule has 0 saturated heterocycles. The van der Waals surface area contributed by atoms with Gasteiger partial charge in [-0.25, -0.2) is 4.79 Å². The fourth-order valence-corrected chi connectivity index (χ4v) is 1.85. The average Bonchev–Trinajstić information content (AvgIpc) is 2.43. The smallest absolute Gasteiger partial charge is 0.329 e. The van der Waals surface area contributed by atoms with E-state index in [0.717, 1.165) is 4.57 Å². The summed E-state index contributed by atoms with van der Waals surface area (Å²) in [5.41, 5.74) is -0.857. The predicted molar refractivity (Wildman–Crippen MR) is 74.1 cm³/mol. The third-order valence-electron chi connectivity index (χ3n) is 2.85. The van der Waals surface area contributed by atoms with E-state index in [-0.39, 0.29) is 13.0 Å². The number of carboxylic acid groups (broad SMARTS) is 1. The van der Waals surface area contributed by atoms with Crippen molar-refractivity contribution in [2.45, 2.75) is 13.0 Å². The number of carbonyl (C=O) groups excluding carboxylic acids is 1. The molecule has 0 saturated carbocycles. The first-order valence-electron chi connectivity index (χ1n) is 6.19. The van der Waals surface area contributed by atoms with Crippen LogP contribution in [-0.2, 0) is 16.1 Å². The summed E-state index contributed by atoms with van der Waals surface area (Å²) in [6, 6.07) is 6.47. The zero-order chi connectivity index (χ0) is 15.4. The summed E-state index contributed by atoms with van der Waals surface area (Å²) in [4.78, 5) is 48.4. The molecule has 0 aliphatic heterocycles. The minimum absolute atomic E-state index is 0.0611. The van der Waals surface area contributed by atoms with E-state index >= 15 is 0 Å². The number of rotatable bonds is 5. The van der Waals surface area contributed by atoms with E-state index in [1.165, 1.54) is 0 Å². The van der Waals surface area contributed by atoms with E-state index in [2.05, 4.69) is 10.3 Å². The molecule has 0 aliphatic carbocycles. The first kappa shape index (κ1) is 14.5. The highest BCUT2D eigenvalue weighted by atomic mass is 16.4. The average molecular weight is 291 g/mol. The van der Waals surface area contributed by atoms with E-state index < -0.39 is 29.7 Å². The Morgan fingerprint density at radius 2 is 1.95 bits per heavy atom. The number of hydrogen-bond acceptors (Lipinski definition) is 4. The van der Waals surface area contributed by atoms with Crippen LogP contribution in [0.4, 0.5) is 0 Å². The lowest BCUT2D eigenvalue weighted by Gasteiger charge is -2.06. The number of aromatic nitrogens is 2. The number of H-pyrrole nitrogens is 1. The van der Waals surface area contributed by atoms with Crippen LogP contribution in [0.5, 0.6) is 0 Å². The molecule has 8 nitrogen and oxygen atoms in total. The van der Waals surface area contributed by atoms with Gasteiger partial charge in [0, 0.05) is 6.54 Å². The Labute approximate surface area is 118 Å². The third-order valence-corrected chi connectivity index (χ3v) is 2.85. The summed E-state index contributed by atoms with van der Waals surface area (Å²) < 4.78 is 0.776. The van der Waals surface area contributed by atoms with Gasteiger partial charge in [-0.3, -0.25) is 19.0 Å². The second-order valence-corrected chi connectivity index (χ2v) is 4.36. The van der Waals surface area contributed by atoms with Gasteiger partial charge in [-0.05, 0) is 12.1 Å². The largest absolute Gasteiger partial charge is 0.481 e. The Morgan fingerprint density at radius 3 is 2.67 bits per heavy atom. The number of carboxylic acids is 1. The summed E-state index contributed by atoms with van der Waals surface area (Å²) in [5, 5.41) is 11.1. The van der Waals surface area contributed by atoms with Gasteiger partial charge in [-0.1, -0.05) is 12.1 Å². The number of aliphatic carboxylic acids is 1. The first-order valence-corrected chi connectivity index (χ1v) is 6.19. The maximum atomic E-state index is 12.1. The number of nitrogens with zero attached hydrogens (tertiary/aromatic N) is 1. The van der Waals surface area contributed by atoms with Crippen molar-refractivity contribution < 1.29 is 14.7 Å². The maximum Gasteiger partial charge on any atom is 0.329 e. The van der Waals surface area contributed by atoms with Gasteiger partial charge in [-0.2, -0.15) is 0 Å². The van der Waals surface area contributed by atoms with Crippen molar-refractivity contribution in [2.75, 3.05) is 6.54 Å². The SMILES string of the molecule is O=C(O)CCNC(=O)Cn1c(=O)[nH]c2ccccc2c1=O. The molecule has 21 heavy (non-hydrogen) atoms. The molecule has 0 radical (unpaired) electrons. The topological polar surface area (TPSA) is 121 Å². The number of amides is 1. The Kier molecular flexibility index (Phi) is 4.17.